The van der Waals surface area contributed by atoms with Crippen LogP contribution < -0.4 is 20.3 Å². The number of carbonyl (C=O) groups excluding carboxylic acids is 2. The summed E-state index contributed by atoms with van der Waals surface area (Å²) in [6.07, 6.45) is 3.74. The van der Waals surface area contributed by atoms with Gasteiger partial charge in [-0.25, -0.2) is 0 Å². The van der Waals surface area contributed by atoms with Crippen LogP contribution >= 0.6 is 11.6 Å². The smallest absolute Gasteiger partial charge is 0.258 e. The van der Waals surface area contributed by atoms with Crippen molar-refractivity contribution in [3.63, 3.8) is 0 Å². The first-order valence-corrected chi connectivity index (χ1v) is 9.78. The number of hydrogen-bond acceptors (Lipinski definition) is 4. The van der Waals surface area contributed by atoms with Crippen molar-refractivity contribution in [1.29, 1.82) is 0 Å². The van der Waals surface area contributed by atoms with Crippen molar-refractivity contribution in [2.75, 3.05) is 36.5 Å². The molecule has 148 valence electrons. The number of anilines is 2. The molecule has 7 heteroatoms. The molecule has 0 unspecified atom stereocenters. The van der Waals surface area contributed by atoms with Crippen molar-refractivity contribution in [3.8, 4) is 5.75 Å². The number of amides is 2. The van der Waals surface area contributed by atoms with Crippen LogP contribution in [0.15, 0.2) is 48.5 Å². The Morgan fingerprint density at radius 1 is 0.929 bits per heavy atom. The number of rotatable bonds is 7. The van der Waals surface area contributed by atoms with E-state index < -0.39 is 0 Å². The van der Waals surface area contributed by atoms with E-state index in [1.165, 1.54) is 24.9 Å². The molecule has 1 aliphatic rings. The van der Waals surface area contributed by atoms with Gasteiger partial charge < -0.3 is 20.3 Å². The number of benzene rings is 2. The molecule has 1 heterocycles. The van der Waals surface area contributed by atoms with Crippen molar-refractivity contribution in [1.82, 2.24) is 5.32 Å². The Labute approximate surface area is 169 Å². The van der Waals surface area contributed by atoms with Gasteiger partial charge in [-0.15, -0.1) is 0 Å². The van der Waals surface area contributed by atoms with Gasteiger partial charge in [0, 0.05) is 29.5 Å². The van der Waals surface area contributed by atoms with E-state index in [4.69, 9.17) is 16.3 Å². The molecule has 28 heavy (non-hydrogen) atoms. The summed E-state index contributed by atoms with van der Waals surface area (Å²) in [5, 5.41) is 5.91. The van der Waals surface area contributed by atoms with Gasteiger partial charge in [0.2, 0.25) is 5.91 Å². The number of halogens is 1. The first-order chi connectivity index (χ1) is 13.6. The minimum atomic E-state index is -0.370. The zero-order chi connectivity index (χ0) is 19.8. The first kappa shape index (κ1) is 20.0. The summed E-state index contributed by atoms with van der Waals surface area (Å²) in [6, 6.07) is 14.5. The third-order valence-corrected chi connectivity index (χ3v) is 4.75. The highest BCUT2D eigenvalue weighted by atomic mass is 35.5. The topological polar surface area (TPSA) is 70.7 Å². The molecule has 1 saturated heterocycles. The summed E-state index contributed by atoms with van der Waals surface area (Å²) >= 11 is 5.79. The van der Waals surface area contributed by atoms with Crippen LogP contribution in [0.3, 0.4) is 0 Å². The molecule has 0 saturated carbocycles. The molecule has 0 aromatic heterocycles. The van der Waals surface area contributed by atoms with E-state index in [0.717, 1.165) is 13.1 Å². The van der Waals surface area contributed by atoms with Gasteiger partial charge in [0.1, 0.15) is 5.75 Å². The van der Waals surface area contributed by atoms with E-state index in [1.807, 2.05) is 24.3 Å². The van der Waals surface area contributed by atoms with Gasteiger partial charge >= 0.3 is 0 Å². The third kappa shape index (κ3) is 6.16. The number of nitrogens with zero attached hydrogens (tertiary/aromatic N) is 1. The number of nitrogens with one attached hydrogen (secondary N) is 2. The molecule has 3 rings (SSSR count). The number of carbonyl (C=O) groups is 2. The Morgan fingerprint density at radius 2 is 1.61 bits per heavy atom. The van der Waals surface area contributed by atoms with Crippen molar-refractivity contribution in [2.24, 2.45) is 0 Å². The van der Waals surface area contributed by atoms with E-state index in [1.54, 1.807) is 24.3 Å². The fraction of sp³-hybridized carbons (Fsp3) is 0.333. The standard InChI is InChI=1S/C21H24ClN3O3/c22-16-4-10-19(11-5-16)28-15-21(27)23-14-20(26)24-17-6-8-18(9-7-17)25-12-2-1-3-13-25/h4-11H,1-3,12-15H2,(H,23,27)(H,24,26). The molecular weight excluding hydrogens is 378 g/mol. The van der Waals surface area contributed by atoms with Crippen molar-refractivity contribution < 1.29 is 14.3 Å². The monoisotopic (exact) mass is 401 g/mol. The molecule has 0 atom stereocenters. The largest absolute Gasteiger partial charge is 0.484 e. The van der Waals surface area contributed by atoms with Crippen LogP contribution in [-0.2, 0) is 9.59 Å². The molecule has 0 aliphatic carbocycles. The van der Waals surface area contributed by atoms with E-state index in [2.05, 4.69) is 15.5 Å². The number of hydrogen-bond donors (Lipinski definition) is 2. The zero-order valence-electron chi connectivity index (χ0n) is 15.6. The molecule has 2 aromatic rings. The summed E-state index contributed by atoms with van der Waals surface area (Å²) in [7, 11) is 0. The Balaban J connectivity index is 1.38. The summed E-state index contributed by atoms with van der Waals surface area (Å²) in [4.78, 5) is 26.2. The summed E-state index contributed by atoms with van der Waals surface area (Å²) in [5.41, 5.74) is 1.88. The van der Waals surface area contributed by atoms with Gasteiger partial charge in [0.25, 0.3) is 5.91 Å². The first-order valence-electron chi connectivity index (χ1n) is 9.40. The molecule has 1 fully saturated rings. The predicted octanol–water partition coefficient (Wildman–Crippen LogP) is 3.46. The molecule has 2 N–H and O–H groups in total. The summed E-state index contributed by atoms with van der Waals surface area (Å²) in [5.74, 6) is -0.117. The lowest BCUT2D eigenvalue weighted by molar-refractivity contribution is -0.125. The highest BCUT2D eigenvalue weighted by Crippen LogP contribution is 2.21. The van der Waals surface area contributed by atoms with Crippen LogP contribution in [-0.4, -0.2) is 38.1 Å². The Bertz CT molecular complexity index is 788. The normalized spacial score (nSPS) is 13.7. The Morgan fingerprint density at radius 3 is 2.29 bits per heavy atom. The third-order valence-electron chi connectivity index (χ3n) is 4.50. The Kier molecular flexibility index (Phi) is 7.14. The average molecular weight is 402 g/mol. The van der Waals surface area contributed by atoms with Crippen LogP contribution in [0.4, 0.5) is 11.4 Å². The SMILES string of the molecule is O=C(COc1ccc(Cl)cc1)NCC(=O)Nc1ccc(N2CCCCC2)cc1. The highest BCUT2D eigenvalue weighted by Gasteiger charge is 2.11. The minimum absolute atomic E-state index is 0.114. The van der Waals surface area contributed by atoms with E-state index in [-0.39, 0.29) is 25.0 Å². The van der Waals surface area contributed by atoms with Crippen molar-refractivity contribution in [3.05, 3.63) is 53.6 Å². The van der Waals surface area contributed by atoms with Crippen molar-refractivity contribution >= 4 is 34.8 Å². The van der Waals surface area contributed by atoms with Crippen LogP contribution in [0, 0.1) is 0 Å². The van der Waals surface area contributed by atoms with Crippen molar-refractivity contribution in [2.45, 2.75) is 19.3 Å². The lowest BCUT2D eigenvalue weighted by atomic mass is 10.1. The molecule has 0 bridgehead atoms. The number of piperidine rings is 1. The quantitative estimate of drug-likeness (QED) is 0.745. The molecule has 0 radical (unpaired) electrons. The van der Waals surface area contributed by atoms with Gasteiger partial charge in [0.05, 0.1) is 6.54 Å². The molecule has 2 amide bonds. The van der Waals surface area contributed by atoms with E-state index in [9.17, 15) is 9.59 Å². The molecule has 0 spiro atoms. The lowest BCUT2D eigenvalue weighted by Crippen LogP contribution is -2.35. The maximum atomic E-state index is 12.0. The zero-order valence-corrected chi connectivity index (χ0v) is 16.4. The second-order valence-electron chi connectivity index (χ2n) is 6.66. The van der Waals surface area contributed by atoms with Crippen LogP contribution in [0.5, 0.6) is 5.75 Å². The molecule has 2 aromatic carbocycles. The maximum absolute atomic E-state index is 12.0. The van der Waals surface area contributed by atoms with Gasteiger partial charge in [-0.05, 0) is 67.8 Å². The van der Waals surface area contributed by atoms with E-state index >= 15 is 0 Å². The lowest BCUT2D eigenvalue weighted by Gasteiger charge is -2.28. The van der Waals surface area contributed by atoms with Crippen LogP contribution in [0.25, 0.3) is 0 Å². The van der Waals surface area contributed by atoms with E-state index in [0.29, 0.717) is 16.5 Å². The van der Waals surface area contributed by atoms with Crippen LogP contribution in [0.2, 0.25) is 5.02 Å². The minimum Gasteiger partial charge on any atom is -0.484 e. The molecule has 1 aliphatic heterocycles. The van der Waals surface area contributed by atoms with Gasteiger partial charge in [-0.2, -0.15) is 0 Å². The molecule has 6 nitrogen and oxygen atoms in total. The second-order valence-corrected chi connectivity index (χ2v) is 7.10. The van der Waals surface area contributed by atoms with Gasteiger partial charge in [0.15, 0.2) is 6.61 Å². The summed E-state index contributed by atoms with van der Waals surface area (Å²) < 4.78 is 5.34. The highest BCUT2D eigenvalue weighted by molar-refractivity contribution is 6.30. The van der Waals surface area contributed by atoms with Gasteiger partial charge in [-0.1, -0.05) is 11.6 Å². The maximum Gasteiger partial charge on any atom is 0.258 e. The van der Waals surface area contributed by atoms with Crippen LogP contribution in [0.1, 0.15) is 19.3 Å². The Hall–Kier alpha value is -2.73. The predicted molar refractivity (Wildman–Crippen MR) is 111 cm³/mol. The number of ether oxygens (including phenoxy) is 1. The molecular formula is C21H24ClN3O3. The van der Waals surface area contributed by atoms with Gasteiger partial charge in [-0.3, -0.25) is 9.59 Å². The average Bonchev–Trinajstić information content (AvgIpc) is 2.73. The second kappa shape index (κ2) is 9.99. The fourth-order valence-electron chi connectivity index (χ4n) is 3.02. The fourth-order valence-corrected chi connectivity index (χ4v) is 3.15. The summed E-state index contributed by atoms with van der Waals surface area (Å²) in [6.45, 7) is 1.88.